The molecule has 0 spiro atoms. The number of aromatic amines is 1. The minimum Gasteiger partial charge on any atom is -0.484 e. The van der Waals surface area contributed by atoms with Crippen LogP contribution in [-0.4, -0.2) is 39.5 Å². The summed E-state index contributed by atoms with van der Waals surface area (Å²) < 4.78 is 5.78. The Labute approximate surface area is 276 Å². The first-order valence-electron chi connectivity index (χ1n) is 15.3. The second kappa shape index (κ2) is 11.2. The van der Waals surface area contributed by atoms with Crippen molar-refractivity contribution in [2.75, 3.05) is 16.8 Å². The van der Waals surface area contributed by atoms with Gasteiger partial charge in [0.15, 0.2) is 6.61 Å². The number of nitrogens with zero attached hydrogens (tertiary/aromatic N) is 2. The van der Waals surface area contributed by atoms with Gasteiger partial charge in [0.2, 0.25) is 11.8 Å². The summed E-state index contributed by atoms with van der Waals surface area (Å²) in [5, 5.41) is 14.8. The lowest BCUT2D eigenvalue weighted by Crippen LogP contribution is -2.42. The van der Waals surface area contributed by atoms with Crippen molar-refractivity contribution in [3.63, 3.8) is 0 Å². The fourth-order valence-electron chi connectivity index (χ4n) is 8.21. The number of anilines is 2. The quantitative estimate of drug-likeness (QED) is 0.152. The van der Waals surface area contributed by atoms with Gasteiger partial charge < -0.3 is 15.0 Å². The fraction of sp³-hybridized carbons (Fsp3) is 0.294. The van der Waals surface area contributed by atoms with E-state index in [1.807, 2.05) is 55.5 Å². The third-order valence-corrected chi connectivity index (χ3v) is 12.5. The number of benzene rings is 3. The van der Waals surface area contributed by atoms with E-state index in [-0.39, 0.29) is 63.8 Å². The van der Waals surface area contributed by atoms with Crippen molar-refractivity contribution in [3.05, 3.63) is 109 Å². The average molecular weight is 669 g/mol. The monoisotopic (exact) mass is 668 g/mol. The topological polar surface area (TPSA) is 152 Å². The van der Waals surface area contributed by atoms with Crippen molar-refractivity contribution >= 4 is 57.9 Å². The van der Waals surface area contributed by atoms with Crippen LogP contribution in [0.15, 0.2) is 82.6 Å². The average Bonchev–Trinajstić information content (AvgIpc) is 3.79. The highest BCUT2D eigenvalue weighted by molar-refractivity contribution is 8.00. The number of aromatic nitrogens is 1. The predicted molar refractivity (Wildman–Crippen MR) is 176 cm³/mol. The van der Waals surface area contributed by atoms with Gasteiger partial charge in [-0.15, -0.1) is 11.8 Å². The maximum Gasteiger partial charge on any atom is 0.305 e. The summed E-state index contributed by atoms with van der Waals surface area (Å²) in [7, 11) is 0. The van der Waals surface area contributed by atoms with E-state index in [0.29, 0.717) is 17.1 Å². The Hall–Kier alpha value is -4.75. The number of imide groups is 1. The van der Waals surface area contributed by atoms with Crippen LogP contribution in [0.4, 0.5) is 17.1 Å². The summed E-state index contributed by atoms with van der Waals surface area (Å²) in [5.74, 6) is -1.48. The lowest BCUT2D eigenvalue weighted by atomic mass is 9.68. The number of thioether (sulfide) groups is 1. The first-order chi connectivity index (χ1) is 22.7. The number of nitrogens with one attached hydrogen (secondary N) is 2. The lowest BCUT2D eigenvalue weighted by molar-refractivity contribution is -0.384. The van der Waals surface area contributed by atoms with Crippen LogP contribution in [-0.2, 0) is 14.4 Å². The van der Waals surface area contributed by atoms with Crippen LogP contribution >= 0.6 is 23.1 Å². The van der Waals surface area contributed by atoms with Gasteiger partial charge in [0.1, 0.15) is 5.75 Å². The summed E-state index contributed by atoms with van der Waals surface area (Å²) in [4.78, 5) is 68.5. The molecule has 2 saturated carbocycles. The van der Waals surface area contributed by atoms with E-state index in [9.17, 15) is 29.3 Å². The third-order valence-electron chi connectivity index (χ3n) is 9.95. The number of carbonyl (C=O) groups is 3. The number of fused-ring (bicyclic) bond motifs is 9. The van der Waals surface area contributed by atoms with Crippen LogP contribution in [0.2, 0.25) is 0 Å². The molecule has 2 N–H and O–H groups in total. The Bertz CT molecular complexity index is 2010. The predicted octanol–water partition coefficient (Wildman–Crippen LogP) is 5.35. The molecular weight excluding hydrogens is 641 g/mol. The zero-order valence-electron chi connectivity index (χ0n) is 25.0. The second-order valence-electron chi connectivity index (χ2n) is 12.5. The van der Waals surface area contributed by atoms with Crippen molar-refractivity contribution in [2.24, 2.45) is 29.6 Å². The second-order valence-corrected chi connectivity index (χ2v) is 14.7. The molecule has 0 radical (unpaired) electrons. The Morgan fingerprint density at radius 2 is 1.74 bits per heavy atom. The highest BCUT2D eigenvalue weighted by Gasteiger charge is 2.69. The summed E-state index contributed by atoms with van der Waals surface area (Å²) in [6, 6.07) is 20.6. The van der Waals surface area contributed by atoms with Crippen LogP contribution in [0.3, 0.4) is 0 Å². The van der Waals surface area contributed by atoms with E-state index in [1.54, 1.807) is 11.8 Å². The minimum absolute atomic E-state index is 0.0191. The zero-order valence-corrected chi connectivity index (χ0v) is 26.6. The number of nitro benzene ring substituents is 1. The van der Waals surface area contributed by atoms with Gasteiger partial charge >= 0.3 is 4.87 Å². The summed E-state index contributed by atoms with van der Waals surface area (Å²) in [5.41, 5.74) is 2.95. The molecule has 47 heavy (non-hydrogen) atoms. The SMILES string of the molecule is Cc1cccc(NC(=O)COc2ccc([C@@H]3c4sc(=O)[nH]c4S[C@@H]4[C@@H]5C[C@@H]([C@@H]6C(=O)N(c7ccc([N+](=O)[O-])cc7)C(=O)[C@@H]56)[C@H]34)cc2)c1. The van der Waals surface area contributed by atoms with Gasteiger partial charge in [0, 0.05) is 33.9 Å². The van der Waals surface area contributed by atoms with E-state index in [1.165, 1.54) is 40.5 Å². The molecule has 7 atom stereocenters. The van der Waals surface area contributed by atoms with Gasteiger partial charge in [-0.2, -0.15) is 0 Å². The van der Waals surface area contributed by atoms with E-state index in [0.717, 1.165) is 27.5 Å². The normalized spacial score (nSPS) is 26.9. The van der Waals surface area contributed by atoms with Gasteiger partial charge in [-0.25, -0.2) is 0 Å². The van der Waals surface area contributed by atoms with Crippen molar-refractivity contribution in [1.29, 1.82) is 0 Å². The molecule has 3 heterocycles. The zero-order chi connectivity index (χ0) is 32.6. The number of hydrogen-bond donors (Lipinski definition) is 2. The van der Waals surface area contributed by atoms with Crippen LogP contribution < -0.4 is 19.8 Å². The molecule has 4 aliphatic rings. The van der Waals surface area contributed by atoms with E-state index in [2.05, 4.69) is 10.3 Å². The molecule has 1 saturated heterocycles. The number of H-pyrrole nitrogens is 1. The number of amides is 3. The van der Waals surface area contributed by atoms with Gasteiger partial charge in [0.05, 0.1) is 27.5 Å². The minimum atomic E-state index is -0.514. The maximum absolute atomic E-state index is 13.9. The number of aryl methyl sites for hydroxylation is 1. The van der Waals surface area contributed by atoms with Crippen molar-refractivity contribution in [1.82, 2.24) is 4.98 Å². The summed E-state index contributed by atoms with van der Waals surface area (Å²) in [6.45, 7) is 1.79. The van der Waals surface area contributed by atoms with Gasteiger partial charge in [-0.3, -0.25) is 34.2 Å². The molecule has 3 aromatic carbocycles. The molecule has 1 aromatic heterocycles. The molecule has 13 heteroatoms. The van der Waals surface area contributed by atoms with Crippen LogP contribution in [0, 0.1) is 46.6 Å². The number of carbonyl (C=O) groups excluding carboxylic acids is 3. The number of ether oxygens (including phenoxy) is 1. The number of nitro groups is 1. The highest BCUT2D eigenvalue weighted by Crippen LogP contribution is 2.68. The van der Waals surface area contributed by atoms with Gasteiger partial charge in [0.25, 0.3) is 11.6 Å². The van der Waals surface area contributed by atoms with Gasteiger partial charge in [-0.05, 0) is 78.6 Å². The van der Waals surface area contributed by atoms with Crippen molar-refractivity contribution < 1.29 is 24.0 Å². The molecule has 2 bridgehead atoms. The standard InChI is InChI=1S/C34H28N4O7S2/c1-16-3-2-4-18(13-16)35-24(39)15-45-21-11-5-17(6-12-21)25-26-22-14-23(29(26)46-31-30(25)47-34(42)36-31)28-27(22)32(40)37(33(28)41)19-7-9-20(10-8-19)38(43)44/h2-13,22-23,25-29H,14-15H2,1H3,(H,35,39)(H,36,42)/t22-,23-,25+,26-,27+,28+,29-/m1/s1. The molecule has 8 rings (SSSR count). The first-order valence-corrected chi connectivity index (χ1v) is 17.0. The third kappa shape index (κ3) is 4.87. The van der Waals surface area contributed by atoms with E-state index in [4.69, 9.17) is 4.74 Å². The smallest absolute Gasteiger partial charge is 0.305 e. The Morgan fingerprint density at radius 3 is 2.45 bits per heavy atom. The molecule has 2 aliphatic carbocycles. The van der Waals surface area contributed by atoms with Crippen molar-refractivity contribution in [2.45, 2.75) is 29.5 Å². The highest BCUT2D eigenvalue weighted by atomic mass is 32.2. The lowest BCUT2D eigenvalue weighted by Gasteiger charge is -2.43. The molecule has 2 aliphatic heterocycles. The number of hydrogen-bond acceptors (Lipinski definition) is 9. The van der Waals surface area contributed by atoms with Crippen LogP contribution in [0.25, 0.3) is 0 Å². The first kappa shape index (κ1) is 29.6. The van der Waals surface area contributed by atoms with Crippen molar-refractivity contribution in [3.8, 4) is 5.75 Å². The Morgan fingerprint density at radius 1 is 1.02 bits per heavy atom. The molecular formula is C34H28N4O7S2. The maximum atomic E-state index is 13.9. The molecule has 3 amide bonds. The molecule has 238 valence electrons. The van der Waals surface area contributed by atoms with Gasteiger partial charge in [-0.1, -0.05) is 35.6 Å². The largest absolute Gasteiger partial charge is 0.484 e. The summed E-state index contributed by atoms with van der Waals surface area (Å²) in [6.07, 6.45) is 0.746. The Balaban J connectivity index is 1.05. The molecule has 11 nitrogen and oxygen atoms in total. The molecule has 0 unspecified atom stereocenters. The number of non-ortho nitro benzene ring substituents is 1. The Kier molecular flexibility index (Phi) is 7.06. The molecule has 4 aromatic rings. The number of rotatable bonds is 7. The van der Waals surface area contributed by atoms with E-state index < -0.39 is 16.8 Å². The molecule has 3 fully saturated rings. The van der Waals surface area contributed by atoms with Crippen LogP contribution in [0.5, 0.6) is 5.75 Å². The van der Waals surface area contributed by atoms with Crippen LogP contribution in [0.1, 0.15) is 28.3 Å². The fourth-order valence-corrected chi connectivity index (χ4v) is 11.1. The van der Waals surface area contributed by atoms with E-state index >= 15 is 0 Å². The number of thiazole rings is 1. The summed E-state index contributed by atoms with van der Waals surface area (Å²) >= 11 is 2.79.